The van der Waals surface area contributed by atoms with Crippen LogP contribution >= 0.6 is 22.9 Å². The second kappa shape index (κ2) is 11.3. The molecule has 4 heterocycles. The van der Waals surface area contributed by atoms with Gasteiger partial charge in [-0.05, 0) is 63.6 Å². The molecule has 44 heavy (non-hydrogen) atoms. The molecule has 3 fully saturated rings. The molecule has 7 rings (SSSR count). The lowest BCUT2D eigenvalue weighted by atomic mass is 10.00. The Balaban J connectivity index is 1.39. The molecule has 2 saturated heterocycles. The Bertz CT molecular complexity index is 1790. The van der Waals surface area contributed by atoms with Crippen molar-refractivity contribution >= 4 is 60.9 Å². The van der Waals surface area contributed by atoms with Crippen LogP contribution in [0.25, 0.3) is 32.2 Å². The van der Waals surface area contributed by atoms with Gasteiger partial charge in [-0.25, -0.2) is 9.37 Å². The number of carbonyl (C=O) groups excluding carboxylic acids is 1. The molecule has 1 aliphatic carbocycles. The zero-order chi connectivity index (χ0) is 30.7. The van der Waals surface area contributed by atoms with Crippen molar-refractivity contribution in [2.75, 3.05) is 51.0 Å². The third-order valence-corrected chi connectivity index (χ3v) is 9.95. The van der Waals surface area contributed by atoms with Gasteiger partial charge in [0.2, 0.25) is 5.91 Å². The Labute approximate surface area is 263 Å². The molecule has 1 amide bonds. The van der Waals surface area contributed by atoms with E-state index >= 15 is 0 Å². The predicted octanol–water partition coefficient (Wildman–Crippen LogP) is 5.13. The average Bonchev–Trinajstić information content (AvgIpc) is 3.56. The van der Waals surface area contributed by atoms with Crippen molar-refractivity contribution in [2.24, 2.45) is 0 Å². The van der Waals surface area contributed by atoms with E-state index in [9.17, 15) is 9.18 Å². The van der Waals surface area contributed by atoms with E-state index in [0.717, 1.165) is 43.6 Å². The number of aromatic nitrogens is 3. The number of rotatable bonds is 9. The van der Waals surface area contributed by atoms with Crippen LogP contribution in [0, 0.1) is 5.82 Å². The highest BCUT2D eigenvalue weighted by Crippen LogP contribution is 2.48. The van der Waals surface area contributed by atoms with Crippen molar-refractivity contribution in [3.63, 3.8) is 0 Å². The molecule has 0 bridgehead atoms. The molecule has 2 aromatic carbocycles. The van der Waals surface area contributed by atoms with Crippen molar-refractivity contribution in [1.82, 2.24) is 24.8 Å². The third kappa shape index (κ3) is 5.18. The molecule has 2 N–H and O–H groups in total. The Kier molecular flexibility index (Phi) is 7.46. The number of hydrogen-bond donors (Lipinski definition) is 1. The van der Waals surface area contributed by atoms with Gasteiger partial charge in [-0.2, -0.15) is 9.97 Å². The molecule has 3 aliphatic rings. The average molecular weight is 638 g/mol. The molecule has 13 heteroatoms. The van der Waals surface area contributed by atoms with Gasteiger partial charge in [0.15, 0.2) is 10.9 Å². The number of nitrogens with zero attached hydrogens (tertiary/aromatic N) is 6. The van der Waals surface area contributed by atoms with E-state index < -0.39 is 5.82 Å². The van der Waals surface area contributed by atoms with Gasteiger partial charge < -0.3 is 29.9 Å². The van der Waals surface area contributed by atoms with Crippen LogP contribution in [0.3, 0.4) is 0 Å². The van der Waals surface area contributed by atoms with Crippen molar-refractivity contribution in [3.8, 4) is 22.9 Å². The molecular formula is C31H33ClFN7O3S. The molecule has 4 aromatic rings. The van der Waals surface area contributed by atoms with E-state index in [0.29, 0.717) is 68.5 Å². The summed E-state index contributed by atoms with van der Waals surface area (Å²) in [5, 5.41) is 1.34. The first-order valence-electron chi connectivity index (χ1n) is 14.7. The molecule has 230 valence electrons. The van der Waals surface area contributed by atoms with Gasteiger partial charge in [0.1, 0.15) is 23.8 Å². The Morgan fingerprint density at radius 3 is 2.75 bits per heavy atom. The maximum atomic E-state index is 14.8. The summed E-state index contributed by atoms with van der Waals surface area (Å²) in [4.78, 5) is 32.5. The van der Waals surface area contributed by atoms with Crippen molar-refractivity contribution in [3.05, 3.63) is 41.7 Å². The molecular weight excluding hydrogens is 605 g/mol. The number of hydrogen-bond acceptors (Lipinski definition) is 10. The number of amides is 1. The standard InChI is InChI=1S/C31H33ClFN7O3S/c1-4-23(41)40-13-17(14-40)39(3)29-20-12-21(32)24(19-9-10-22(33)28-26(19)35-30(34)44-28)27(43-18-7-8-18)25(20)36-31(37-29)42-15-16-6-5-11-38(16)2/h4,9-10,12,16-18H,1,5-8,11,13-15H2,2-3H3,(H2,34,35). The fourth-order valence-corrected chi connectivity index (χ4v) is 7.02. The van der Waals surface area contributed by atoms with Gasteiger partial charge in [-0.3, -0.25) is 4.79 Å². The van der Waals surface area contributed by atoms with E-state index in [1.807, 2.05) is 18.0 Å². The van der Waals surface area contributed by atoms with E-state index in [1.54, 1.807) is 11.0 Å². The Morgan fingerprint density at radius 2 is 2.05 bits per heavy atom. The zero-order valence-electron chi connectivity index (χ0n) is 24.6. The van der Waals surface area contributed by atoms with Crippen LogP contribution in [-0.2, 0) is 4.79 Å². The van der Waals surface area contributed by atoms with Gasteiger partial charge >= 0.3 is 6.01 Å². The van der Waals surface area contributed by atoms with E-state index in [4.69, 9.17) is 36.8 Å². The van der Waals surface area contributed by atoms with Crippen LogP contribution in [0.1, 0.15) is 25.7 Å². The number of likely N-dealkylation sites (tertiary alicyclic amines) is 2. The molecule has 1 atom stereocenters. The second-order valence-corrected chi connectivity index (χ2v) is 13.2. The van der Waals surface area contributed by atoms with Gasteiger partial charge in [0, 0.05) is 42.7 Å². The second-order valence-electron chi connectivity index (χ2n) is 11.7. The molecule has 2 aliphatic heterocycles. The lowest BCUT2D eigenvalue weighted by Gasteiger charge is -2.44. The van der Waals surface area contributed by atoms with Crippen LogP contribution in [0.4, 0.5) is 15.3 Å². The molecule has 1 unspecified atom stereocenters. The topological polar surface area (TPSA) is 110 Å². The Hall–Kier alpha value is -3.74. The Morgan fingerprint density at radius 1 is 1.25 bits per heavy atom. The van der Waals surface area contributed by atoms with E-state index in [2.05, 4.69) is 23.5 Å². The van der Waals surface area contributed by atoms with E-state index in [-0.39, 0.29) is 35.2 Å². The normalized spacial score (nSPS) is 19.0. The summed E-state index contributed by atoms with van der Waals surface area (Å²) < 4.78 is 28.0. The number of likely N-dealkylation sites (N-methyl/N-ethyl adjacent to an activating group) is 2. The SMILES string of the molecule is C=CC(=O)N1CC(N(C)c2nc(OCC3CCCN3C)nc3c(OC4CC4)c(-c4ccc(F)c5sc(N)nc45)c(Cl)cc23)C1. The lowest BCUT2D eigenvalue weighted by molar-refractivity contribution is -0.130. The summed E-state index contributed by atoms with van der Waals surface area (Å²) in [6.45, 7) is 6.15. The summed E-state index contributed by atoms with van der Waals surface area (Å²) in [5.41, 5.74) is 8.16. The van der Waals surface area contributed by atoms with Crippen LogP contribution in [0.2, 0.25) is 5.02 Å². The summed E-state index contributed by atoms with van der Waals surface area (Å²) in [6, 6.07) is 5.40. The number of halogens is 2. The largest absolute Gasteiger partial charge is 0.487 e. The maximum Gasteiger partial charge on any atom is 0.319 e. The van der Waals surface area contributed by atoms with Gasteiger partial charge in [-0.1, -0.05) is 29.5 Å². The molecule has 0 spiro atoms. The number of anilines is 2. The number of carbonyl (C=O) groups is 1. The minimum atomic E-state index is -0.400. The quantitative estimate of drug-likeness (QED) is 0.250. The predicted molar refractivity (Wildman–Crippen MR) is 171 cm³/mol. The van der Waals surface area contributed by atoms with Crippen LogP contribution in [0.5, 0.6) is 11.8 Å². The van der Waals surface area contributed by atoms with Crippen molar-refractivity contribution < 1.29 is 18.7 Å². The first kappa shape index (κ1) is 29.0. The highest BCUT2D eigenvalue weighted by atomic mass is 35.5. The molecule has 2 aromatic heterocycles. The first-order valence-corrected chi connectivity index (χ1v) is 15.9. The summed E-state index contributed by atoms with van der Waals surface area (Å²) in [5.74, 6) is 0.596. The number of nitrogen functional groups attached to an aromatic ring is 1. The molecule has 10 nitrogen and oxygen atoms in total. The lowest BCUT2D eigenvalue weighted by Crippen LogP contribution is -2.60. The number of ether oxygens (including phenoxy) is 2. The van der Waals surface area contributed by atoms with Gasteiger partial charge in [0.05, 0.1) is 27.4 Å². The van der Waals surface area contributed by atoms with Gasteiger partial charge in [0.25, 0.3) is 0 Å². The highest BCUT2D eigenvalue weighted by molar-refractivity contribution is 7.22. The number of benzene rings is 2. The number of fused-ring (bicyclic) bond motifs is 2. The monoisotopic (exact) mass is 637 g/mol. The fraction of sp³-hybridized carbons (Fsp3) is 0.419. The summed E-state index contributed by atoms with van der Waals surface area (Å²) in [6.07, 6.45) is 5.30. The maximum absolute atomic E-state index is 14.8. The summed E-state index contributed by atoms with van der Waals surface area (Å²) >= 11 is 8.17. The molecule has 0 radical (unpaired) electrons. The van der Waals surface area contributed by atoms with Crippen molar-refractivity contribution in [1.29, 1.82) is 0 Å². The highest BCUT2D eigenvalue weighted by Gasteiger charge is 2.35. The van der Waals surface area contributed by atoms with Crippen LogP contribution in [0.15, 0.2) is 30.9 Å². The summed E-state index contributed by atoms with van der Waals surface area (Å²) in [7, 11) is 4.04. The van der Waals surface area contributed by atoms with E-state index in [1.165, 1.54) is 12.1 Å². The van der Waals surface area contributed by atoms with Crippen LogP contribution < -0.4 is 20.1 Å². The third-order valence-electron chi connectivity index (χ3n) is 8.75. The van der Waals surface area contributed by atoms with Gasteiger partial charge in [-0.15, -0.1) is 0 Å². The number of thiazole rings is 1. The first-order chi connectivity index (χ1) is 21.2. The zero-order valence-corrected chi connectivity index (χ0v) is 26.1. The smallest absolute Gasteiger partial charge is 0.319 e. The number of nitrogens with two attached hydrogens (primary N) is 1. The minimum absolute atomic E-state index is 0.00427. The minimum Gasteiger partial charge on any atom is -0.487 e. The van der Waals surface area contributed by atoms with Crippen molar-refractivity contribution in [2.45, 2.75) is 43.9 Å². The van der Waals surface area contributed by atoms with Crippen LogP contribution in [-0.4, -0.2) is 89.2 Å². The molecule has 1 saturated carbocycles. The fourth-order valence-electron chi connectivity index (χ4n) is 5.96.